The third kappa shape index (κ3) is 4.91. The minimum absolute atomic E-state index is 0.0821. The van der Waals surface area contributed by atoms with Gasteiger partial charge in [-0.3, -0.25) is 24.0 Å². The van der Waals surface area contributed by atoms with Gasteiger partial charge in [-0.25, -0.2) is 4.98 Å². The number of rotatable bonds is 6. The first kappa shape index (κ1) is 20.5. The number of anilines is 1. The Bertz CT molecular complexity index is 993. The van der Waals surface area contributed by atoms with E-state index in [4.69, 9.17) is 0 Å². The molecule has 2 aliphatic heterocycles. The van der Waals surface area contributed by atoms with Crippen LogP contribution in [0.25, 0.3) is 10.9 Å². The Morgan fingerprint density at radius 3 is 2.52 bits per heavy atom. The van der Waals surface area contributed by atoms with Gasteiger partial charge in [-0.1, -0.05) is 0 Å². The zero-order valence-electron chi connectivity index (χ0n) is 18.1. The van der Waals surface area contributed by atoms with E-state index < -0.39 is 0 Å². The molecule has 1 aromatic carbocycles. The fraction of sp³-hybridized carbons (Fsp3) is 0.609. The van der Waals surface area contributed by atoms with E-state index >= 15 is 0 Å². The largest absolute Gasteiger partial charge is 0.369 e. The number of benzene rings is 1. The quantitative estimate of drug-likeness (QED) is 0.738. The number of aromatic nitrogens is 2. The highest BCUT2D eigenvalue weighted by molar-refractivity contribution is 5.81. The number of fused-ring (bicyclic) bond motifs is 1. The van der Waals surface area contributed by atoms with E-state index in [9.17, 15) is 9.59 Å². The highest BCUT2D eigenvalue weighted by atomic mass is 16.1. The SMILES string of the molecule is O=C1CCN(CCN2CCN(c3ccc4c(=O)n(CC5CC5)cnc4c3)CC2)CCN1. The van der Waals surface area contributed by atoms with Crippen molar-refractivity contribution in [1.29, 1.82) is 0 Å². The number of amides is 1. The standard InChI is InChI=1S/C23H32N6O2/c30-22-5-7-26(8-6-24-22)9-10-27-11-13-28(14-12-27)19-3-4-20-21(15-19)25-17-29(23(20)31)16-18-1-2-18/h3-4,15,17-18H,1-2,5-14,16H2,(H,24,30). The summed E-state index contributed by atoms with van der Waals surface area (Å²) >= 11 is 0. The molecule has 8 heteroatoms. The van der Waals surface area contributed by atoms with Gasteiger partial charge in [0.25, 0.3) is 5.56 Å². The van der Waals surface area contributed by atoms with E-state index in [-0.39, 0.29) is 11.5 Å². The van der Waals surface area contributed by atoms with Gasteiger partial charge in [-0.15, -0.1) is 0 Å². The van der Waals surface area contributed by atoms with Gasteiger partial charge in [-0.05, 0) is 37.0 Å². The number of carbonyl (C=O) groups excluding carboxylic acids is 1. The van der Waals surface area contributed by atoms with E-state index in [1.807, 2.05) is 6.07 Å². The molecule has 3 fully saturated rings. The van der Waals surface area contributed by atoms with E-state index in [1.165, 1.54) is 12.8 Å². The number of piperazine rings is 1. The molecule has 166 valence electrons. The van der Waals surface area contributed by atoms with Crippen LogP contribution >= 0.6 is 0 Å². The predicted molar refractivity (Wildman–Crippen MR) is 121 cm³/mol. The zero-order chi connectivity index (χ0) is 21.2. The lowest BCUT2D eigenvalue weighted by Crippen LogP contribution is -2.48. The molecule has 31 heavy (non-hydrogen) atoms. The molecule has 8 nitrogen and oxygen atoms in total. The fourth-order valence-electron chi connectivity index (χ4n) is 4.60. The molecule has 1 aromatic heterocycles. The molecular weight excluding hydrogens is 392 g/mol. The number of hydrogen-bond donors (Lipinski definition) is 1. The molecule has 1 saturated carbocycles. The number of nitrogens with one attached hydrogen (secondary N) is 1. The maximum atomic E-state index is 12.7. The minimum Gasteiger partial charge on any atom is -0.369 e. The van der Waals surface area contributed by atoms with Crippen LogP contribution in [0.5, 0.6) is 0 Å². The highest BCUT2D eigenvalue weighted by Gasteiger charge is 2.23. The van der Waals surface area contributed by atoms with E-state index in [0.717, 1.165) is 82.0 Å². The maximum Gasteiger partial charge on any atom is 0.261 e. The van der Waals surface area contributed by atoms with Crippen LogP contribution in [-0.2, 0) is 11.3 Å². The van der Waals surface area contributed by atoms with Crippen LogP contribution in [0.15, 0.2) is 29.3 Å². The average molecular weight is 425 g/mol. The van der Waals surface area contributed by atoms with Crippen LogP contribution in [0, 0.1) is 5.92 Å². The molecule has 1 amide bonds. The number of nitrogens with zero attached hydrogens (tertiary/aromatic N) is 5. The van der Waals surface area contributed by atoms with Gasteiger partial charge >= 0.3 is 0 Å². The Balaban J connectivity index is 1.16. The van der Waals surface area contributed by atoms with Crippen molar-refractivity contribution < 1.29 is 4.79 Å². The van der Waals surface area contributed by atoms with E-state index in [1.54, 1.807) is 10.9 Å². The number of hydrogen-bond acceptors (Lipinski definition) is 6. The summed E-state index contributed by atoms with van der Waals surface area (Å²) in [4.78, 5) is 36.1. The first-order valence-electron chi connectivity index (χ1n) is 11.6. The normalized spacial score (nSPS) is 21.3. The smallest absolute Gasteiger partial charge is 0.261 e. The lowest BCUT2D eigenvalue weighted by molar-refractivity contribution is -0.120. The van der Waals surface area contributed by atoms with Gasteiger partial charge in [0.1, 0.15) is 0 Å². The number of carbonyl (C=O) groups is 1. The molecule has 3 aliphatic rings. The molecule has 0 radical (unpaired) electrons. The van der Waals surface area contributed by atoms with Gasteiger partial charge in [0.05, 0.1) is 17.2 Å². The first-order chi connectivity index (χ1) is 15.2. The predicted octanol–water partition coefficient (Wildman–Crippen LogP) is 0.750. The summed E-state index contributed by atoms with van der Waals surface area (Å²) in [5, 5.41) is 3.66. The van der Waals surface area contributed by atoms with Crippen molar-refractivity contribution >= 4 is 22.5 Å². The molecule has 5 rings (SSSR count). The minimum atomic E-state index is 0.0821. The highest BCUT2D eigenvalue weighted by Crippen LogP contribution is 2.30. The molecule has 1 aliphatic carbocycles. The molecule has 0 atom stereocenters. The third-order valence-electron chi connectivity index (χ3n) is 6.84. The second kappa shape index (κ2) is 8.96. The summed E-state index contributed by atoms with van der Waals surface area (Å²) in [6, 6.07) is 6.09. The van der Waals surface area contributed by atoms with Crippen molar-refractivity contribution in [3.8, 4) is 0 Å². The molecule has 3 heterocycles. The monoisotopic (exact) mass is 424 g/mol. The summed E-state index contributed by atoms with van der Waals surface area (Å²) < 4.78 is 1.77. The van der Waals surface area contributed by atoms with Crippen LogP contribution in [-0.4, -0.2) is 84.2 Å². The second-order valence-corrected chi connectivity index (χ2v) is 9.12. The van der Waals surface area contributed by atoms with Crippen LogP contribution in [0.4, 0.5) is 5.69 Å². The van der Waals surface area contributed by atoms with Crippen LogP contribution in [0.1, 0.15) is 19.3 Å². The summed E-state index contributed by atoms with van der Waals surface area (Å²) in [6.07, 6.45) is 4.78. The molecule has 0 spiro atoms. The maximum absolute atomic E-state index is 12.7. The van der Waals surface area contributed by atoms with E-state index in [0.29, 0.717) is 12.3 Å². The Morgan fingerprint density at radius 2 is 1.74 bits per heavy atom. The van der Waals surface area contributed by atoms with Gasteiger partial charge in [-0.2, -0.15) is 0 Å². The van der Waals surface area contributed by atoms with Crippen LogP contribution in [0.3, 0.4) is 0 Å². The van der Waals surface area contributed by atoms with Crippen LogP contribution in [0.2, 0.25) is 0 Å². The van der Waals surface area contributed by atoms with Gasteiger partial charge in [0.2, 0.25) is 5.91 Å². The molecular formula is C23H32N6O2. The lowest BCUT2D eigenvalue weighted by atomic mass is 10.2. The summed E-state index contributed by atoms with van der Waals surface area (Å²) in [5.41, 5.74) is 2.02. The van der Waals surface area contributed by atoms with E-state index in [2.05, 4.69) is 37.1 Å². The summed E-state index contributed by atoms with van der Waals surface area (Å²) in [7, 11) is 0. The molecule has 2 saturated heterocycles. The Morgan fingerprint density at radius 1 is 0.968 bits per heavy atom. The Hall–Kier alpha value is -2.45. The zero-order valence-corrected chi connectivity index (χ0v) is 18.1. The molecule has 1 N–H and O–H groups in total. The van der Waals surface area contributed by atoms with Gasteiger partial charge < -0.3 is 10.2 Å². The van der Waals surface area contributed by atoms with Crippen molar-refractivity contribution in [3.05, 3.63) is 34.9 Å². The van der Waals surface area contributed by atoms with Crippen molar-refractivity contribution in [2.75, 3.05) is 63.8 Å². The second-order valence-electron chi connectivity index (χ2n) is 9.12. The van der Waals surface area contributed by atoms with Crippen molar-refractivity contribution in [1.82, 2.24) is 24.7 Å². The molecule has 0 unspecified atom stereocenters. The van der Waals surface area contributed by atoms with Crippen LogP contribution < -0.4 is 15.8 Å². The Labute approximate surface area is 182 Å². The molecule has 2 aromatic rings. The van der Waals surface area contributed by atoms with Gasteiger partial charge in [0, 0.05) is 77.6 Å². The van der Waals surface area contributed by atoms with Crippen molar-refractivity contribution in [2.45, 2.75) is 25.8 Å². The third-order valence-corrected chi connectivity index (χ3v) is 6.84. The van der Waals surface area contributed by atoms with Crippen molar-refractivity contribution in [2.24, 2.45) is 5.92 Å². The topological polar surface area (TPSA) is 73.7 Å². The van der Waals surface area contributed by atoms with Gasteiger partial charge in [0.15, 0.2) is 0 Å². The summed E-state index contributed by atoms with van der Waals surface area (Å²) in [6.45, 7) is 9.43. The lowest BCUT2D eigenvalue weighted by Gasteiger charge is -2.37. The first-order valence-corrected chi connectivity index (χ1v) is 11.6. The average Bonchev–Trinajstić information content (AvgIpc) is 3.63. The molecule has 0 bridgehead atoms. The fourth-order valence-corrected chi connectivity index (χ4v) is 4.60. The Kier molecular flexibility index (Phi) is 5.91. The summed E-state index contributed by atoms with van der Waals surface area (Å²) in [5.74, 6) is 0.828. The van der Waals surface area contributed by atoms with Crippen molar-refractivity contribution in [3.63, 3.8) is 0 Å².